The first kappa shape index (κ1) is 18.5. The van der Waals surface area contributed by atoms with Crippen molar-refractivity contribution in [3.05, 3.63) is 35.0 Å². The quantitative estimate of drug-likeness (QED) is 0.765. The van der Waals surface area contributed by atoms with E-state index in [0.717, 1.165) is 22.0 Å². The number of rotatable bonds is 5. The molecule has 2 unspecified atom stereocenters. The zero-order valence-corrected chi connectivity index (χ0v) is 15.9. The number of nitrogens with one attached hydrogen (secondary N) is 2. The van der Waals surface area contributed by atoms with Crippen LogP contribution in [0.2, 0.25) is 0 Å². The molecular formula is C20H26N2O4. The molecule has 0 saturated heterocycles. The van der Waals surface area contributed by atoms with Crippen molar-refractivity contribution in [3.8, 4) is 0 Å². The van der Waals surface area contributed by atoms with Crippen LogP contribution in [0.5, 0.6) is 0 Å². The molecule has 1 heterocycles. The number of hydrogen-bond donors (Lipinski definition) is 3. The Morgan fingerprint density at radius 3 is 2.62 bits per heavy atom. The van der Waals surface area contributed by atoms with Gasteiger partial charge in [0.2, 0.25) is 0 Å². The van der Waals surface area contributed by atoms with Gasteiger partial charge in [-0.25, -0.2) is 4.79 Å². The fourth-order valence-electron chi connectivity index (χ4n) is 3.88. The van der Waals surface area contributed by atoms with Gasteiger partial charge in [0, 0.05) is 29.3 Å². The number of amides is 1. The van der Waals surface area contributed by atoms with Crippen LogP contribution >= 0.6 is 0 Å². The number of carboxylic acids is 1. The number of carboxylic acid groups (broad SMARTS) is 1. The van der Waals surface area contributed by atoms with Gasteiger partial charge in [-0.2, -0.15) is 0 Å². The number of H-pyrrole nitrogens is 1. The number of aliphatic carboxylic acids is 1. The van der Waals surface area contributed by atoms with Crippen molar-refractivity contribution >= 4 is 22.8 Å². The van der Waals surface area contributed by atoms with Crippen molar-refractivity contribution in [1.82, 2.24) is 10.3 Å². The molecule has 26 heavy (non-hydrogen) atoms. The second kappa shape index (κ2) is 6.13. The number of aryl methyl sites for hydroxylation is 2. The van der Waals surface area contributed by atoms with Crippen LogP contribution in [0.4, 0.5) is 0 Å². The van der Waals surface area contributed by atoms with Gasteiger partial charge in [-0.1, -0.05) is 19.9 Å². The summed E-state index contributed by atoms with van der Waals surface area (Å²) >= 11 is 0. The van der Waals surface area contributed by atoms with Crippen molar-refractivity contribution in [2.24, 2.45) is 5.41 Å². The summed E-state index contributed by atoms with van der Waals surface area (Å²) in [6.45, 7) is 10.1. The number of benzene rings is 1. The lowest BCUT2D eigenvalue weighted by molar-refractivity contribution is -0.190. The summed E-state index contributed by atoms with van der Waals surface area (Å²) in [4.78, 5) is 28.0. The van der Waals surface area contributed by atoms with Crippen molar-refractivity contribution in [2.45, 2.75) is 52.7 Å². The van der Waals surface area contributed by atoms with Gasteiger partial charge in [-0.15, -0.1) is 0 Å². The molecule has 2 aromatic rings. The average Bonchev–Trinajstić information content (AvgIpc) is 3.01. The van der Waals surface area contributed by atoms with E-state index < -0.39 is 22.8 Å². The van der Waals surface area contributed by atoms with Crippen LogP contribution in [-0.4, -0.2) is 40.2 Å². The summed E-state index contributed by atoms with van der Waals surface area (Å²) in [5, 5.41) is 13.6. The maximum Gasteiger partial charge on any atom is 0.330 e. The molecule has 1 amide bonds. The van der Waals surface area contributed by atoms with Crippen LogP contribution in [0, 0.1) is 19.3 Å². The largest absolute Gasteiger partial charge is 0.479 e. The normalized spacial score (nSPS) is 24.3. The summed E-state index contributed by atoms with van der Waals surface area (Å²) in [5.41, 5.74) is 1.43. The molecule has 1 saturated carbocycles. The third-order valence-electron chi connectivity index (χ3n) is 6.04. The molecule has 0 spiro atoms. The summed E-state index contributed by atoms with van der Waals surface area (Å²) in [6, 6.07) is 5.71. The van der Waals surface area contributed by atoms with Gasteiger partial charge in [0.15, 0.2) is 0 Å². The van der Waals surface area contributed by atoms with Crippen LogP contribution < -0.4 is 5.32 Å². The molecule has 3 N–H and O–H groups in total. The van der Waals surface area contributed by atoms with Crippen LogP contribution in [0.3, 0.4) is 0 Å². The minimum atomic E-state index is -1.34. The Kier molecular flexibility index (Phi) is 4.35. The van der Waals surface area contributed by atoms with E-state index in [2.05, 4.69) is 10.3 Å². The van der Waals surface area contributed by atoms with E-state index in [0.29, 0.717) is 12.3 Å². The number of carbonyl (C=O) groups excluding carboxylic acids is 1. The van der Waals surface area contributed by atoms with Crippen LogP contribution in [0.15, 0.2) is 18.2 Å². The van der Waals surface area contributed by atoms with Crippen molar-refractivity contribution in [3.63, 3.8) is 0 Å². The second-order valence-corrected chi connectivity index (χ2v) is 7.69. The molecule has 6 nitrogen and oxygen atoms in total. The molecule has 140 valence electrons. The molecule has 1 fully saturated rings. The average molecular weight is 358 g/mol. The van der Waals surface area contributed by atoms with Crippen LogP contribution in [-0.2, 0) is 9.53 Å². The first-order chi connectivity index (χ1) is 12.1. The summed E-state index contributed by atoms with van der Waals surface area (Å²) in [5.74, 6) is -1.45. The van der Waals surface area contributed by atoms with Crippen molar-refractivity contribution in [2.75, 3.05) is 6.61 Å². The minimum absolute atomic E-state index is 0.198. The zero-order chi connectivity index (χ0) is 19.3. The topological polar surface area (TPSA) is 91.4 Å². The predicted molar refractivity (Wildman–Crippen MR) is 99.4 cm³/mol. The number of fused-ring (bicyclic) bond motifs is 1. The smallest absolute Gasteiger partial charge is 0.330 e. The number of ether oxygens (including phenoxy) is 1. The van der Waals surface area contributed by atoms with Gasteiger partial charge in [-0.3, -0.25) is 4.79 Å². The van der Waals surface area contributed by atoms with Gasteiger partial charge in [0.1, 0.15) is 11.2 Å². The zero-order valence-electron chi connectivity index (χ0n) is 15.9. The van der Waals surface area contributed by atoms with E-state index in [1.807, 2.05) is 46.8 Å². The molecule has 6 heteroatoms. The summed E-state index contributed by atoms with van der Waals surface area (Å²) < 4.78 is 5.64. The van der Waals surface area contributed by atoms with Gasteiger partial charge in [0.05, 0.1) is 6.10 Å². The highest BCUT2D eigenvalue weighted by Gasteiger charge is 2.66. The third-order valence-corrected chi connectivity index (χ3v) is 6.04. The molecule has 1 aromatic carbocycles. The molecule has 1 aliphatic carbocycles. The maximum atomic E-state index is 12.8. The van der Waals surface area contributed by atoms with Crippen LogP contribution in [0.25, 0.3) is 10.9 Å². The number of hydrogen-bond acceptors (Lipinski definition) is 3. The van der Waals surface area contributed by atoms with Crippen LogP contribution in [0.1, 0.15) is 48.8 Å². The lowest BCUT2D eigenvalue weighted by atomic mass is 9.54. The second-order valence-electron chi connectivity index (χ2n) is 7.69. The fourth-order valence-corrected chi connectivity index (χ4v) is 3.88. The fraction of sp³-hybridized carbons (Fsp3) is 0.500. The molecule has 1 aliphatic rings. The monoisotopic (exact) mass is 358 g/mol. The van der Waals surface area contributed by atoms with E-state index in [1.165, 1.54) is 0 Å². The van der Waals surface area contributed by atoms with E-state index in [-0.39, 0.29) is 12.5 Å². The molecule has 0 bridgehead atoms. The molecular weight excluding hydrogens is 332 g/mol. The molecule has 0 radical (unpaired) electrons. The van der Waals surface area contributed by atoms with Crippen molar-refractivity contribution < 1.29 is 19.4 Å². The Morgan fingerprint density at radius 2 is 2.04 bits per heavy atom. The van der Waals surface area contributed by atoms with Crippen molar-refractivity contribution in [1.29, 1.82) is 0 Å². The first-order valence-corrected chi connectivity index (χ1v) is 8.90. The lowest BCUT2D eigenvalue weighted by Gasteiger charge is -2.58. The molecule has 3 rings (SSSR count). The highest BCUT2D eigenvalue weighted by atomic mass is 16.5. The van der Waals surface area contributed by atoms with Gasteiger partial charge in [-0.05, 0) is 44.0 Å². The Balaban J connectivity index is 1.91. The maximum absolute atomic E-state index is 12.8. The third kappa shape index (κ3) is 2.51. The predicted octanol–water partition coefficient (Wildman–Crippen LogP) is 3.17. The molecule has 0 aliphatic heterocycles. The minimum Gasteiger partial charge on any atom is -0.479 e. The number of aromatic amines is 1. The summed E-state index contributed by atoms with van der Waals surface area (Å²) in [6.07, 6.45) is 0.0595. The highest BCUT2D eigenvalue weighted by Crippen LogP contribution is 2.51. The Labute approximate surface area is 152 Å². The number of aromatic nitrogens is 1. The summed E-state index contributed by atoms with van der Waals surface area (Å²) in [7, 11) is 0. The SMILES string of the molecule is CCOC1CC(NC(=O)c2cc3c(C)c(C)ccc3[nH]2)(C(=O)O)C1(C)C. The van der Waals surface area contributed by atoms with E-state index >= 15 is 0 Å². The van der Waals surface area contributed by atoms with E-state index in [9.17, 15) is 14.7 Å². The van der Waals surface area contributed by atoms with E-state index in [1.54, 1.807) is 6.07 Å². The Bertz CT molecular complexity index is 883. The van der Waals surface area contributed by atoms with Gasteiger partial charge >= 0.3 is 5.97 Å². The van der Waals surface area contributed by atoms with E-state index in [4.69, 9.17) is 4.74 Å². The lowest BCUT2D eigenvalue weighted by Crippen LogP contribution is -2.76. The molecule has 2 atom stereocenters. The Morgan fingerprint density at radius 1 is 1.35 bits per heavy atom. The van der Waals surface area contributed by atoms with Gasteiger partial charge < -0.3 is 20.1 Å². The number of carbonyl (C=O) groups is 2. The Hall–Kier alpha value is -2.34. The van der Waals surface area contributed by atoms with Gasteiger partial charge in [0.25, 0.3) is 5.91 Å². The first-order valence-electron chi connectivity index (χ1n) is 8.90. The standard InChI is InChI=1S/C20H26N2O4/c1-6-26-16-10-20(18(24)25,19(16,4)5)22-17(23)15-9-13-12(3)11(2)7-8-14(13)21-15/h7-9,16,21H,6,10H2,1-5H3,(H,22,23)(H,24,25). The highest BCUT2D eigenvalue weighted by molar-refractivity contribution is 6.01. The molecule has 1 aromatic heterocycles.